The van der Waals surface area contributed by atoms with Crippen molar-refractivity contribution >= 4 is 23.7 Å². The summed E-state index contributed by atoms with van der Waals surface area (Å²) >= 11 is 0. The fourth-order valence-electron chi connectivity index (χ4n) is 3.31. The van der Waals surface area contributed by atoms with Gasteiger partial charge >= 0.3 is 0 Å². The summed E-state index contributed by atoms with van der Waals surface area (Å²) in [7, 11) is 0. The van der Waals surface area contributed by atoms with Gasteiger partial charge in [-0.15, -0.1) is 0 Å². The Kier molecular flexibility index (Phi) is 8.19. The topological polar surface area (TPSA) is 116 Å². The number of hydrogen-bond donors (Lipinski definition) is 4. The predicted octanol–water partition coefficient (Wildman–Crippen LogP) is 2.27. The minimum absolute atomic E-state index is 0.0269. The number of nitrogens with one attached hydrogen (secondary N) is 3. The largest absolute Gasteiger partial charge is 0.357 e. The molecule has 8 heteroatoms. The molecule has 2 atom stereocenters. The molecule has 0 aromatic carbocycles. The van der Waals surface area contributed by atoms with Gasteiger partial charge in [0, 0.05) is 12.1 Å². The Balaban J connectivity index is 1.90. The number of anilines is 1. The number of carbonyl (C=O) groups excluding carboxylic acids is 2. The van der Waals surface area contributed by atoms with Gasteiger partial charge in [-0.1, -0.05) is 26.2 Å². The van der Waals surface area contributed by atoms with E-state index in [4.69, 9.17) is 5.21 Å². The molecule has 1 aromatic heterocycles. The third-order valence-corrected chi connectivity index (χ3v) is 4.96. The minimum atomic E-state index is -0.645. The van der Waals surface area contributed by atoms with Crippen molar-refractivity contribution in [3.05, 3.63) is 24.2 Å². The summed E-state index contributed by atoms with van der Waals surface area (Å²) in [6.07, 6.45) is 12.3. The van der Waals surface area contributed by atoms with E-state index in [0.29, 0.717) is 23.9 Å². The molecule has 0 radical (unpaired) electrons. The van der Waals surface area contributed by atoms with Crippen LogP contribution in [0.5, 0.6) is 0 Å². The normalized spacial score (nSPS) is 17.3. The van der Waals surface area contributed by atoms with Gasteiger partial charge in [-0.25, -0.2) is 10.5 Å². The van der Waals surface area contributed by atoms with Crippen LogP contribution in [-0.2, 0) is 9.59 Å². The molecule has 1 aliphatic rings. The van der Waals surface area contributed by atoms with E-state index in [1.165, 1.54) is 56.1 Å². The van der Waals surface area contributed by atoms with Crippen LogP contribution in [0, 0.1) is 5.92 Å². The monoisotopic (exact) mass is 375 g/mol. The molecular weight excluding hydrogens is 346 g/mol. The van der Waals surface area contributed by atoms with E-state index in [9.17, 15) is 9.59 Å². The first-order valence-electron chi connectivity index (χ1n) is 9.54. The number of aromatic nitrogens is 2. The molecule has 1 fully saturated rings. The van der Waals surface area contributed by atoms with Gasteiger partial charge in [-0.05, 0) is 38.2 Å². The summed E-state index contributed by atoms with van der Waals surface area (Å²) < 4.78 is 0. The van der Waals surface area contributed by atoms with Crippen molar-refractivity contribution in [2.75, 3.05) is 5.32 Å². The van der Waals surface area contributed by atoms with Gasteiger partial charge in [-0.3, -0.25) is 19.8 Å². The fraction of sp³-hybridized carbons (Fsp3) is 0.579. The van der Waals surface area contributed by atoms with Crippen molar-refractivity contribution in [1.29, 1.82) is 0 Å². The van der Waals surface area contributed by atoms with E-state index < -0.39 is 5.91 Å². The molecule has 0 saturated heterocycles. The van der Waals surface area contributed by atoms with Crippen LogP contribution >= 0.6 is 0 Å². The zero-order valence-electron chi connectivity index (χ0n) is 15.9. The lowest BCUT2D eigenvalue weighted by Gasteiger charge is -2.29. The molecule has 0 spiro atoms. The highest BCUT2D eigenvalue weighted by atomic mass is 16.5. The van der Waals surface area contributed by atoms with E-state index in [-0.39, 0.29) is 18.0 Å². The summed E-state index contributed by atoms with van der Waals surface area (Å²) in [5.41, 5.74) is 1.97. The molecule has 4 N–H and O–H groups in total. The van der Waals surface area contributed by atoms with E-state index >= 15 is 0 Å². The Labute approximate surface area is 159 Å². The molecule has 1 aliphatic carbocycles. The van der Waals surface area contributed by atoms with Gasteiger partial charge in [0.15, 0.2) is 0 Å². The number of hydrogen-bond acceptors (Lipinski definition) is 6. The number of hydroxylamine groups is 1. The highest BCUT2D eigenvalue weighted by molar-refractivity contribution is 5.90. The molecule has 0 unspecified atom stereocenters. The second kappa shape index (κ2) is 10.6. The number of amides is 2. The maximum atomic E-state index is 12.6. The van der Waals surface area contributed by atoms with Crippen LogP contribution in [0.15, 0.2) is 18.5 Å². The second-order valence-electron chi connectivity index (χ2n) is 6.94. The Bertz CT molecular complexity index is 641. The molecule has 2 rings (SSSR count). The van der Waals surface area contributed by atoms with Crippen LogP contribution < -0.4 is 16.1 Å². The third kappa shape index (κ3) is 6.63. The van der Waals surface area contributed by atoms with Crippen molar-refractivity contribution in [2.24, 2.45) is 5.92 Å². The van der Waals surface area contributed by atoms with Gasteiger partial charge in [0.1, 0.15) is 11.9 Å². The summed E-state index contributed by atoms with van der Waals surface area (Å²) in [5, 5.41) is 14.7. The zero-order valence-corrected chi connectivity index (χ0v) is 15.9. The Morgan fingerprint density at radius 1 is 1.26 bits per heavy atom. The summed E-state index contributed by atoms with van der Waals surface area (Å²) in [4.78, 5) is 32.0. The van der Waals surface area contributed by atoms with Crippen molar-refractivity contribution in [2.45, 2.75) is 64.5 Å². The SMILES string of the molecule is CC[C@@H](Nc1cnc(/C=C/C(=O)NO)cn1)C(=O)N[C@@H](C)C1CCCCC1. The van der Waals surface area contributed by atoms with E-state index in [2.05, 4.69) is 27.5 Å². The van der Waals surface area contributed by atoms with Gasteiger partial charge in [0.05, 0.1) is 18.1 Å². The number of rotatable bonds is 8. The van der Waals surface area contributed by atoms with Crippen LogP contribution in [0.4, 0.5) is 5.82 Å². The van der Waals surface area contributed by atoms with E-state index in [1.54, 1.807) is 0 Å². The highest BCUT2D eigenvalue weighted by Gasteiger charge is 2.24. The predicted molar refractivity (Wildman–Crippen MR) is 103 cm³/mol. The summed E-state index contributed by atoms with van der Waals surface area (Å²) in [5.74, 6) is 0.378. The quantitative estimate of drug-likeness (QED) is 0.315. The Morgan fingerprint density at radius 2 is 2.00 bits per heavy atom. The maximum Gasteiger partial charge on any atom is 0.267 e. The van der Waals surface area contributed by atoms with Crippen molar-refractivity contribution in [3.8, 4) is 0 Å². The van der Waals surface area contributed by atoms with Crippen molar-refractivity contribution in [1.82, 2.24) is 20.8 Å². The zero-order chi connectivity index (χ0) is 19.6. The average Bonchev–Trinajstić information content (AvgIpc) is 2.71. The Morgan fingerprint density at radius 3 is 2.59 bits per heavy atom. The molecule has 2 amide bonds. The molecule has 0 aliphatic heterocycles. The Hall–Kier alpha value is -2.48. The second-order valence-corrected chi connectivity index (χ2v) is 6.94. The smallest absolute Gasteiger partial charge is 0.267 e. The van der Waals surface area contributed by atoms with Crippen LogP contribution in [0.1, 0.15) is 58.1 Å². The van der Waals surface area contributed by atoms with Crippen LogP contribution in [0.3, 0.4) is 0 Å². The lowest BCUT2D eigenvalue weighted by molar-refractivity contribution is -0.124. The molecule has 27 heavy (non-hydrogen) atoms. The molecule has 148 valence electrons. The molecule has 1 saturated carbocycles. The summed E-state index contributed by atoms with van der Waals surface area (Å²) in [6.45, 7) is 4.03. The first kappa shape index (κ1) is 20.8. The van der Waals surface area contributed by atoms with Gasteiger partial charge in [-0.2, -0.15) is 0 Å². The van der Waals surface area contributed by atoms with Gasteiger partial charge in [0.2, 0.25) is 5.91 Å². The maximum absolute atomic E-state index is 12.6. The van der Waals surface area contributed by atoms with Crippen LogP contribution in [0.25, 0.3) is 6.08 Å². The molecule has 0 bridgehead atoms. The lowest BCUT2D eigenvalue weighted by Crippen LogP contribution is -2.46. The first-order valence-corrected chi connectivity index (χ1v) is 9.54. The molecule has 8 nitrogen and oxygen atoms in total. The number of carbonyl (C=O) groups is 2. The minimum Gasteiger partial charge on any atom is -0.357 e. The molecule has 1 heterocycles. The third-order valence-electron chi connectivity index (χ3n) is 4.96. The van der Waals surface area contributed by atoms with Gasteiger partial charge < -0.3 is 10.6 Å². The van der Waals surface area contributed by atoms with Crippen LogP contribution in [0.2, 0.25) is 0 Å². The van der Waals surface area contributed by atoms with E-state index in [1.807, 2.05) is 6.92 Å². The number of nitrogens with zero attached hydrogens (tertiary/aromatic N) is 2. The molecule has 1 aromatic rings. The van der Waals surface area contributed by atoms with Crippen LogP contribution in [-0.4, -0.2) is 39.1 Å². The lowest BCUT2D eigenvalue weighted by atomic mass is 9.84. The first-order chi connectivity index (χ1) is 13.0. The standard InChI is InChI=1S/C19H29N5O3/c1-3-16(19(26)22-13(2)14-7-5-4-6-8-14)23-17-12-20-15(11-21-17)9-10-18(25)24-27/h9-14,16,27H,3-8H2,1-2H3,(H,21,23)(H,22,26)(H,24,25)/b10-9+/t13-,16+/m0/s1. The van der Waals surface area contributed by atoms with Gasteiger partial charge in [0.25, 0.3) is 5.91 Å². The van der Waals surface area contributed by atoms with Crippen molar-refractivity contribution < 1.29 is 14.8 Å². The average molecular weight is 375 g/mol. The van der Waals surface area contributed by atoms with Crippen molar-refractivity contribution in [3.63, 3.8) is 0 Å². The molecular formula is C19H29N5O3. The summed E-state index contributed by atoms with van der Waals surface area (Å²) in [6, 6.07) is -0.211. The fourth-order valence-corrected chi connectivity index (χ4v) is 3.31. The van der Waals surface area contributed by atoms with E-state index in [0.717, 1.165) is 6.08 Å². The highest BCUT2D eigenvalue weighted by Crippen LogP contribution is 2.26.